The van der Waals surface area contributed by atoms with Gasteiger partial charge in [-0.25, -0.2) is 0 Å². The van der Waals surface area contributed by atoms with Crippen molar-refractivity contribution in [1.29, 1.82) is 0 Å². The Labute approximate surface area is 117 Å². The maximum absolute atomic E-state index is 12.6. The summed E-state index contributed by atoms with van der Waals surface area (Å²) in [4.78, 5) is 12.6. The molecular formula is C13H21BrN2O2. The number of ether oxygens (including phenoxy) is 1. The van der Waals surface area contributed by atoms with Gasteiger partial charge in [-0.1, -0.05) is 13.8 Å². The van der Waals surface area contributed by atoms with Crippen LogP contribution < -0.4 is 0 Å². The van der Waals surface area contributed by atoms with E-state index in [0.717, 1.165) is 4.47 Å². The second kappa shape index (κ2) is 6.48. The topological polar surface area (TPSA) is 44.1 Å². The van der Waals surface area contributed by atoms with Crippen molar-refractivity contribution in [3.63, 3.8) is 0 Å². The molecule has 1 unspecified atom stereocenters. The summed E-state index contributed by atoms with van der Waals surface area (Å²) in [5, 5.41) is 4.23. The molecule has 0 fully saturated rings. The van der Waals surface area contributed by atoms with Crippen LogP contribution in [0.2, 0.25) is 0 Å². The van der Waals surface area contributed by atoms with Gasteiger partial charge in [0.25, 0.3) is 0 Å². The second-order valence-corrected chi connectivity index (χ2v) is 5.72. The van der Waals surface area contributed by atoms with Gasteiger partial charge in [0.1, 0.15) is 11.8 Å². The van der Waals surface area contributed by atoms with Crippen LogP contribution in [0.1, 0.15) is 51.1 Å². The van der Waals surface area contributed by atoms with Crippen LogP contribution in [0.15, 0.2) is 10.7 Å². The molecule has 1 atom stereocenters. The van der Waals surface area contributed by atoms with Crippen molar-refractivity contribution in [1.82, 2.24) is 9.78 Å². The highest BCUT2D eigenvalue weighted by molar-refractivity contribution is 9.10. The molecule has 0 aliphatic heterocycles. The molecule has 0 amide bonds. The number of Topliss-reactive ketones (excluding diaryl/α,β-unsaturated/α-hetero) is 1. The van der Waals surface area contributed by atoms with Crippen LogP contribution in [-0.4, -0.2) is 28.3 Å². The SMILES string of the molecule is CCOC(C(=O)c1c(Br)cnn1C(C)C)C(C)C. The lowest BCUT2D eigenvalue weighted by molar-refractivity contribution is 0.0269. The van der Waals surface area contributed by atoms with Gasteiger partial charge in [-0.15, -0.1) is 0 Å². The quantitative estimate of drug-likeness (QED) is 0.755. The van der Waals surface area contributed by atoms with Crippen molar-refractivity contribution in [3.05, 3.63) is 16.4 Å². The Morgan fingerprint density at radius 3 is 2.50 bits per heavy atom. The average Bonchev–Trinajstić information content (AvgIpc) is 2.66. The molecule has 0 saturated heterocycles. The van der Waals surface area contributed by atoms with Gasteiger partial charge >= 0.3 is 0 Å². The lowest BCUT2D eigenvalue weighted by Crippen LogP contribution is -2.32. The largest absolute Gasteiger partial charge is 0.370 e. The Kier molecular flexibility index (Phi) is 5.53. The maximum Gasteiger partial charge on any atom is 0.210 e. The summed E-state index contributed by atoms with van der Waals surface area (Å²) in [7, 11) is 0. The van der Waals surface area contributed by atoms with E-state index in [2.05, 4.69) is 21.0 Å². The normalized spacial score (nSPS) is 13.3. The molecule has 1 aromatic heterocycles. The third-order valence-corrected chi connectivity index (χ3v) is 3.26. The van der Waals surface area contributed by atoms with Crippen molar-refractivity contribution < 1.29 is 9.53 Å². The fraction of sp³-hybridized carbons (Fsp3) is 0.692. The lowest BCUT2D eigenvalue weighted by atomic mass is 10.0. The van der Waals surface area contributed by atoms with Crippen LogP contribution in [0.4, 0.5) is 0 Å². The second-order valence-electron chi connectivity index (χ2n) is 4.86. The van der Waals surface area contributed by atoms with Crippen molar-refractivity contribution in [2.75, 3.05) is 6.61 Å². The molecule has 4 nitrogen and oxygen atoms in total. The van der Waals surface area contributed by atoms with Gasteiger partial charge in [-0.3, -0.25) is 9.48 Å². The minimum absolute atomic E-state index is 0.00933. The summed E-state index contributed by atoms with van der Waals surface area (Å²) >= 11 is 3.39. The highest BCUT2D eigenvalue weighted by Crippen LogP contribution is 2.24. The van der Waals surface area contributed by atoms with Crippen LogP contribution in [-0.2, 0) is 4.74 Å². The van der Waals surface area contributed by atoms with Crippen molar-refractivity contribution in [2.24, 2.45) is 5.92 Å². The molecule has 0 spiro atoms. The molecule has 1 heterocycles. The Balaban J connectivity index is 3.12. The number of carbonyl (C=O) groups is 1. The fourth-order valence-electron chi connectivity index (χ4n) is 1.85. The van der Waals surface area contributed by atoms with Crippen molar-refractivity contribution in [3.8, 4) is 0 Å². The maximum atomic E-state index is 12.6. The summed E-state index contributed by atoms with van der Waals surface area (Å²) in [6, 6.07) is 0.143. The highest BCUT2D eigenvalue weighted by Gasteiger charge is 2.29. The predicted octanol–water partition coefficient (Wildman–Crippen LogP) is 3.47. The van der Waals surface area contributed by atoms with E-state index in [0.29, 0.717) is 12.3 Å². The van der Waals surface area contributed by atoms with E-state index >= 15 is 0 Å². The number of halogens is 1. The number of hydrogen-bond donors (Lipinski definition) is 0. The minimum Gasteiger partial charge on any atom is -0.370 e. The van der Waals surface area contributed by atoms with Crippen LogP contribution in [0, 0.1) is 5.92 Å². The van der Waals surface area contributed by atoms with E-state index < -0.39 is 6.10 Å². The first-order chi connectivity index (χ1) is 8.40. The van der Waals surface area contributed by atoms with E-state index in [4.69, 9.17) is 4.74 Å². The predicted molar refractivity (Wildman–Crippen MR) is 74.9 cm³/mol. The Bertz CT molecular complexity index is 413. The van der Waals surface area contributed by atoms with Crippen molar-refractivity contribution >= 4 is 21.7 Å². The van der Waals surface area contributed by atoms with Crippen molar-refractivity contribution in [2.45, 2.75) is 46.8 Å². The number of carbonyl (C=O) groups excluding carboxylic acids is 1. The summed E-state index contributed by atoms with van der Waals surface area (Å²) in [6.45, 7) is 10.4. The van der Waals surface area contributed by atoms with Gasteiger partial charge in [-0.05, 0) is 42.6 Å². The van der Waals surface area contributed by atoms with Gasteiger partial charge in [0, 0.05) is 12.6 Å². The molecule has 0 aliphatic rings. The van der Waals surface area contributed by atoms with Crippen LogP contribution >= 0.6 is 15.9 Å². The smallest absolute Gasteiger partial charge is 0.210 e. The number of aromatic nitrogens is 2. The molecule has 0 aromatic carbocycles. The Morgan fingerprint density at radius 2 is 2.06 bits per heavy atom. The molecule has 1 aromatic rings. The van der Waals surface area contributed by atoms with Crippen LogP contribution in [0.25, 0.3) is 0 Å². The Morgan fingerprint density at radius 1 is 1.44 bits per heavy atom. The van der Waals surface area contributed by atoms with Crippen LogP contribution in [0.3, 0.4) is 0 Å². The number of ketones is 1. The van der Waals surface area contributed by atoms with Gasteiger partial charge < -0.3 is 4.74 Å². The third kappa shape index (κ3) is 3.20. The molecule has 0 saturated carbocycles. The lowest BCUT2D eigenvalue weighted by Gasteiger charge is -2.21. The molecule has 0 aliphatic carbocycles. The highest BCUT2D eigenvalue weighted by atomic mass is 79.9. The molecule has 18 heavy (non-hydrogen) atoms. The summed E-state index contributed by atoms with van der Waals surface area (Å²) in [6.07, 6.45) is 1.25. The molecule has 0 radical (unpaired) electrons. The first kappa shape index (κ1) is 15.4. The molecule has 1 rings (SSSR count). The van der Waals surface area contributed by atoms with E-state index in [1.807, 2.05) is 34.6 Å². The zero-order chi connectivity index (χ0) is 13.9. The van der Waals surface area contributed by atoms with E-state index in [9.17, 15) is 4.79 Å². The molecule has 102 valence electrons. The summed E-state index contributed by atoms with van der Waals surface area (Å²) in [5.41, 5.74) is 0.595. The molecule has 5 heteroatoms. The minimum atomic E-state index is -0.416. The summed E-state index contributed by atoms with van der Waals surface area (Å²) < 4.78 is 8.03. The zero-order valence-corrected chi connectivity index (χ0v) is 13.2. The van der Waals surface area contributed by atoms with Gasteiger partial charge in [0.05, 0.1) is 10.7 Å². The van der Waals surface area contributed by atoms with Crippen LogP contribution in [0.5, 0.6) is 0 Å². The van der Waals surface area contributed by atoms with Gasteiger partial charge in [0.2, 0.25) is 5.78 Å². The number of hydrogen-bond acceptors (Lipinski definition) is 3. The monoisotopic (exact) mass is 316 g/mol. The van der Waals surface area contributed by atoms with E-state index in [1.165, 1.54) is 0 Å². The summed E-state index contributed by atoms with van der Waals surface area (Å²) in [5.74, 6) is 0.129. The fourth-order valence-corrected chi connectivity index (χ4v) is 2.32. The number of nitrogens with zero attached hydrogens (tertiary/aromatic N) is 2. The third-order valence-electron chi connectivity index (χ3n) is 2.68. The first-order valence-corrected chi connectivity index (χ1v) is 7.08. The van der Waals surface area contributed by atoms with Gasteiger partial charge in [0.15, 0.2) is 0 Å². The van der Waals surface area contributed by atoms with Gasteiger partial charge in [-0.2, -0.15) is 5.10 Å². The standard InChI is InChI=1S/C13H21BrN2O2/c1-6-18-13(8(2)3)12(17)11-10(14)7-15-16(11)9(4)5/h7-9,13H,6H2,1-5H3. The van der Waals surface area contributed by atoms with E-state index in [-0.39, 0.29) is 17.7 Å². The first-order valence-electron chi connectivity index (χ1n) is 6.28. The number of rotatable bonds is 6. The Hall–Kier alpha value is -0.680. The molecular weight excluding hydrogens is 296 g/mol. The zero-order valence-electron chi connectivity index (χ0n) is 11.6. The molecule has 0 bridgehead atoms. The van der Waals surface area contributed by atoms with E-state index in [1.54, 1.807) is 10.9 Å². The average molecular weight is 317 g/mol. The molecule has 0 N–H and O–H groups in total.